The van der Waals surface area contributed by atoms with Crippen LogP contribution in [-0.4, -0.2) is 39.3 Å². The van der Waals surface area contributed by atoms with E-state index in [9.17, 15) is 4.79 Å². The first-order valence-electron chi connectivity index (χ1n) is 6.38. The van der Waals surface area contributed by atoms with Gasteiger partial charge in [0.2, 0.25) is 0 Å². The lowest BCUT2D eigenvalue weighted by Crippen LogP contribution is -2.47. The van der Waals surface area contributed by atoms with E-state index in [-0.39, 0.29) is 23.7 Å². The zero-order valence-corrected chi connectivity index (χ0v) is 14.6. The molecule has 1 fully saturated rings. The van der Waals surface area contributed by atoms with E-state index in [0.717, 1.165) is 34.6 Å². The summed E-state index contributed by atoms with van der Waals surface area (Å²) in [6, 6.07) is 3.74. The Bertz CT molecular complexity index is 430. The molecule has 2 heterocycles. The minimum atomic E-state index is 0. The Balaban J connectivity index is 0.00000200. The molecule has 2 rings (SSSR count). The van der Waals surface area contributed by atoms with Crippen molar-refractivity contribution in [2.24, 2.45) is 5.41 Å². The van der Waals surface area contributed by atoms with Gasteiger partial charge < -0.3 is 15.4 Å². The normalized spacial score (nSPS) is 17.3. The lowest BCUT2D eigenvalue weighted by atomic mass is 9.79. The zero-order chi connectivity index (χ0) is 13.7. The van der Waals surface area contributed by atoms with E-state index in [2.05, 4.69) is 26.6 Å². The molecule has 0 aliphatic carbocycles. The standard InChI is InChI=1S/C13H19BrN2O2S.ClH/c1-18-9-13(4-6-15-7-5-13)8-16-12(17)10-2-3-11(14)19-10;/h2-3,15H,4-9H2,1H3,(H,16,17);1H. The van der Waals surface area contributed by atoms with Gasteiger partial charge in [-0.3, -0.25) is 4.79 Å². The van der Waals surface area contributed by atoms with E-state index < -0.39 is 0 Å². The smallest absolute Gasteiger partial charge is 0.261 e. The molecular weight excluding hydrogens is 364 g/mol. The van der Waals surface area contributed by atoms with Gasteiger partial charge in [0.15, 0.2) is 0 Å². The first-order valence-corrected chi connectivity index (χ1v) is 7.99. The lowest BCUT2D eigenvalue weighted by molar-refractivity contribution is 0.0512. The van der Waals surface area contributed by atoms with E-state index in [4.69, 9.17) is 4.74 Å². The molecule has 2 N–H and O–H groups in total. The monoisotopic (exact) mass is 382 g/mol. The maximum Gasteiger partial charge on any atom is 0.261 e. The molecular formula is C13H20BrClN2O2S. The van der Waals surface area contributed by atoms with Crippen molar-refractivity contribution in [2.75, 3.05) is 33.4 Å². The number of piperidine rings is 1. The molecule has 0 unspecified atom stereocenters. The maximum absolute atomic E-state index is 12.1. The highest BCUT2D eigenvalue weighted by Crippen LogP contribution is 2.28. The summed E-state index contributed by atoms with van der Waals surface area (Å²) in [7, 11) is 1.72. The van der Waals surface area contributed by atoms with E-state index in [1.165, 1.54) is 11.3 Å². The fourth-order valence-corrected chi connectivity index (χ4v) is 3.73. The second kappa shape index (κ2) is 8.34. The van der Waals surface area contributed by atoms with Crippen LogP contribution >= 0.6 is 39.7 Å². The Morgan fingerprint density at radius 1 is 1.50 bits per heavy atom. The average molecular weight is 384 g/mol. The molecule has 1 saturated heterocycles. The number of methoxy groups -OCH3 is 1. The lowest BCUT2D eigenvalue weighted by Gasteiger charge is -2.37. The number of halogens is 2. The first-order chi connectivity index (χ1) is 9.15. The number of rotatable bonds is 5. The van der Waals surface area contributed by atoms with Gasteiger partial charge in [-0.05, 0) is 54.0 Å². The third-order valence-electron chi connectivity index (χ3n) is 3.54. The molecule has 0 atom stereocenters. The van der Waals surface area contributed by atoms with Crippen LogP contribution in [0.15, 0.2) is 15.9 Å². The van der Waals surface area contributed by atoms with Crippen molar-refractivity contribution in [1.82, 2.24) is 10.6 Å². The van der Waals surface area contributed by atoms with Crippen LogP contribution in [0.3, 0.4) is 0 Å². The number of thiophene rings is 1. The van der Waals surface area contributed by atoms with Crippen LogP contribution in [-0.2, 0) is 4.74 Å². The summed E-state index contributed by atoms with van der Waals surface area (Å²) in [5, 5.41) is 6.40. The van der Waals surface area contributed by atoms with Crippen LogP contribution in [0.1, 0.15) is 22.5 Å². The van der Waals surface area contributed by atoms with Crippen LogP contribution in [0.2, 0.25) is 0 Å². The second-order valence-corrected chi connectivity index (χ2v) is 7.43. The summed E-state index contributed by atoms with van der Waals surface area (Å²) < 4.78 is 6.32. The van der Waals surface area contributed by atoms with Gasteiger partial charge in [0.25, 0.3) is 5.91 Å². The molecule has 7 heteroatoms. The topological polar surface area (TPSA) is 50.4 Å². The van der Waals surface area contributed by atoms with E-state index >= 15 is 0 Å². The van der Waals surface area contributed by atoms with E-state index in [1.807, 2.05) is 12.1 Å². The molecule has 4 nitrogen and oxygen atoms in total. The molecule has 1 aliphatic rings. The van der Waals surface area contributed by atoms with Gasteiger partial charge in [-0.25, -0.2) is 0 Å². The summed E-state index contributed by atoms with van der Waals surface area (Å²) >= 11 is 4.83. The largest absolute Gasteiger partial charge is 0.384 e. The Morgan fingerprint density at radius 3 is 2.75 bits per heavy atom. The number of nitrogens with one attached hydrogen (secondary N) is 2. The molecule has 1 aliphatic heterocycles. The molecule has 0 saturated carbocycles. The van der Waals surface area contributed by atoms with Crippen LogP contribution in [0.25, 0.3) is 0 Å². The minimum absolute atomic E-state index is 0. The predicted octanol–water partition coefficient (Wildman–Crippen LogP) is 2.68. The highest BCUT2D eigenvalue weighted by Gasteiger charge is 2.32. The number of carbonyl (C=O) groups excluding carboxylic acids is 1. The summed E-state index contributed by atoms with van der Waals surface area (Å²) in [5.41, 5.74) is 0.0736. The van der Waals surface area contributed by atoms with E-state index in [1.54, 1.807) is 7.11 Å². The van der Waals surface area contributed by atoms with Crippen LogP contribution in [0, 0.1) is 5.41 Å². The van der Waals surface area contributed by atoms with Crippen LogP contribution in [0.4, 0.5) is 0 Å². The van der Waals surface area contributed by atoms with Gasteiger partial charge in [0.05, 0.1) is 15.3 Å². The summed E-state index contributed by atoms with van der Waals surface area (Å²) in [6.45, 7) is 3.35. The summed E-state index contributed by atoms with van der Waals surface area (Å²) in [5.74, 6) is 0.00436. The first kappa shape index (κ1) is 17.9. The van der Waals surface area contributed by atoms with Crippen molar-refractivity contribution in [1.29, 1.82) is 0 Å². The fraction of sp³-hybridized carbons (Fsp3) is 0.615. The molecule has 0 radical (unpaired) electrons. The van der Waals surface area contributed by atoms with Crippen molar-refractivity contribution in [3.05, 3.63) is 20.8 Å². The molecule has 0 bridgehead atoms. The fourth-order valence-electron chi connectivity index (χ4n) is 2.43. The number of ether oxygens (including phenoxy) is 1. The summed E-state index contributed by atoms with van der Waals surface area (Å²) in [4.78, 5) is 12.8. The molecule has 1 aromatic heterocycles. The molecule has 0 spiro atoms. The van der Waals surface area contributed by atoms with Gasteiger partial charge in [-0.2, -0.15) is 0 Å². The van der Waals surface area contributed by atoms with Gasteiger partial charge in [-0.15, -0.1) is 23.7 Å². The van der Waals surface area contributed by atoms with Crippen LogP contribution < -0.4 is 10.6 Å². The van der Waals surface area contributed by atoms with Crippen molar-refractivity contribution >= 4 is 45.6 Å². The number of hydrogen-bond acceptors (Lipinski definition) is 4. The summed E-state index contributed by atoms with van der Waals surface area (Å²) in [6.07, 6.45) is 2.07. The molecule has 114 valence electrons. The number of carbonyl (C=O) groups is 1. The second-order valence-electron chi connectivity index (χ2n) is 4.97. The Labute approximate surface area is 138 Å². The Morgan fingerprint density at radius 2 is 2.20 bits per heavy atom. The van der Waals surface area contributed by atoms with Crippen LogP contribution in [0.5, 0.6) is 0 Å². The Kier molecular flexibility index (Phi) is 7.47. The van der Waals surface area contributed by atoms with Crippen molar-refractivity contribution in [2.45, 2.75) is 12.8 Å². The number of hydrogen-bond donors (Lipinski definition) is 2. The maximum atomic E-state index is 12.1. The zero-order valence-electron chi connectivity index (χ0n) is 11.4. The predicted molar refractivity (Wildman–Crippen MR) is 88.0 cm³/mol. The highest BCUT2D eigenvalue weighted by atomic mass is 79.9. The van der Waals surface area contributed by atoms with Gasteiger partial charge in [-0.1, -0.05) is 0 Å². The van der Waals surface area contributed by atoms with Crippen molar-refractivity contribution in [3.8, 4) is 0 Å². The molecule has 1 aromatic rings. The van der Waals surface area contributed by atoms with Gasteiger partial charge >= 0.3 is 0 Å². The Hall–Kier alpha value is -0.140. The van der Waals surface area contributed by atoms with Crippen molar-refractivity contribution in [3.63, 3.8) is 0 Å². The third-order valence-corrected chi connectivity index (χ3v) is 5.16. The SMILES string of the molecule is COCC1(CNC(=O)c2ccc(Br)s2)CCNCC1.Cl. The molecule has 1 amide bonds. The number of amides is 1. The van der Waals surface area contributed by atoms with Gasteiger partial charge in [0.1, 0.15) is 0 Å². The molecule has 0 aromatic carbocycles. The third kappa shape index (κ3) is 4.70. The van der Waals surface area contributed by atoms with Gasteiger partial charge in [0, 0.05) is 19.1 Å². The highest BCUT2D eigenvalue weighted by molar-refractivity contribution is 9.11. The van der Waals surface area contributed by atoms with E-state index in [0.29, 0.717) is 13.2 Å². The average Bonchev–Trinajstić information content (AvgIpc) is 2.84. The quantitative estimate of drug-likeness (QED) is 0.822. The molecule has 20 heavy (non-hydrogen) atoms. The van der Waals surface area contributed by atoms with Crippen molar-refractivity contribution < 1.29 is 9.53 Å². The minimum Gasteiger partial charge on any atom is -0.384 e.